The molecule has 0 heterocycles. The topological polar surface area (TPSA) is 0 Å². The molecule has 0 spiro atoms. The summed E-state index contributed by atoms with van der Waals surface area (Å²) in [6, 6.07) is 13.0. The molecule has 2 rings (SSSR count). The Morgan fingerprint density at radius 2 is 1.80 bits per heavy atom. The van der Waals surface area contributed by atoms with Gasteiger partial charge in [0.25, 0.3) is 0 Å². The third-order valence-corrected chi connectivity index (χ3v) is 5.12. The highest BCUT2D eigenvalue weighted by Gasteiger charge is 2.15. The number of aryl methyl sites for hydroxylation is 3. The Labute approximate surface area is 135 Å². The maximum Gasteiger partial charge on any atom is 0.0838 e. The molecule has 2 aromatic carbocycles. The summed E-state index contributed by atoms with van der Waals surface area (Å²) in [7, 11) is 0. The van der Waals surface area contributed by atoms with E-state index in [1.165, 1.54) is 22.3 Å². The fourth-order valence-corrected chi connectivity index (χ4v) is 3.01. The minimum atomic E-state index is -0.0803. The molecule has 1 unspecified atom stereocenters. The highest BCUT2D eigenvalue weighted by atomic mass is 79.9. The summed E-state index contributed by atoms with van der Waals surface area (Å²) < 4.78 is 1.13. The van der Waals surface area contributed by atoms with Crippen LogP contribution in [0.25, 0.3) is 0 Å². The van der Waals surface area contributed by atoms with Gasteiger partial charge in [-0.25, -0.2) is 0 Å². The molecule has 2 heteroatoms. The van der Waals surface area contributed by atoms with Crippen LogP contribution in [0.2, 0.25) is 0 Å². The summed E-state index contributed by atoms with van der Waals surface area (Å²) in [5.41, 5.74) is 6.31. The van der Waals surface area contributed by atoms with E-state index in [9.17, 15) is 0 Å². The van der Waals surface area contributed by atoms with Crippen LogP contribution in [0.4, 0.5) is 0 Å². The summed E-state index contributed by atoms with van der Waals surface area (Å²) >= 11 is 10.3. The van der Waals surface area contributed by atoms with Crippen molar-refractivity contribution in [2.24, 2.45) is 0 Å². The molecule has 0 aliphatic rings. The second-order valence-electron chi connectivity index (χ2n) is 5.11. The van der Waals surface area contributed by atoms with E-state index >= 15 is 0 Å². The third kappa shape index (κ3) is 3.27. The van der Waals surface area contributed by atoms with Crippen molar-refractivity contribution < 1.29 is 0 Å². The third-order valence-electron chi connectivity index (χ3n) is 3.75. The van der Waals surface area contributed by atoms with Crippen LogP contribution in [-0.4, -0.2) is 0 Å². The normalized spacial score (nSPS) is 12.4. The molecule has 0 nitrogen and oxygen atoms in total. The quantitative estimate of drug-likeness (QED) is 0.574. The molecule has 20 heavy (non-hydrogen) atoms. The van der Waals surface area contributed by atoms with Gasteiger partial charge in [0.15, 0.2) is 0 Å². The van der Waals surface area contributed by atoms with Crippen LogP contribution < -0.4 is 0 Å². The van der Waals surface area contributed by atoms with Crippen molar-refractivity contribution in [1.29, 1.82) is 0 Å². The number of benzene rings is 2. The van der Waals surface area contributed by atoms with Crippen molar-refractivity contribution in [3.63, 3.8) is 0 Å². The van der Waals surface area contributed by atoms with Crippen LogP contribution in [-0.2, 0) is 12.8 Å². The van der Waals surface area contributed by atoms with Crippen molar-refractivity contribution in [3.8, 4) is 0 Å². The summed E-state index contributed by atoms with van der Waals surface area (Å²) in [5, 5.41) is -0.0803. The maximum absolute atomic E-state index is 6.75. The molecular weight excluding hydrogens is 332 g/mol. The SMILES string of the molecule is CCc1ccc(CC)c(C(Cl)c2ccc(Br)c(C)c2)c1. The van der Waals surface area contributed by atoms with Gasteiger partial charge in [0.05, 0.1) is 5.38 Å². The van der Waals surface area contributed by atoms with E-state index in [1.807, 2.05) is 0 Å². The Balaban J connectivity index is 2.45. The molecule has 0 bridgehead atoms. The Hall–Kier alpha value is -0.790. The zero-order chi connectivity index (χ0) is 14.7. The number of rotatable bonds is 4. The van der Waals surface area contributed by atoms with Crippen molar-refractivity contribution >= 4 is 27.5 Å². The van der Waals surface area contributed by atoms with Gasteiger partial charge in [0, 0.05) is 4.47 Å². The molecule has 0 amide bonds. The fourth-order valence-electron chi connectivity index (χ4n) is 2.43. The van der Waals surface area contributed by atoms with E-state index in [4.69, 9.17) is 11.6 Å². The van der Waals surface area contributed by atoms with Gasteiger partial charge in [0.1, 0.15) is 0 Å². The van der Waals surface area contributed by atoms with Crippen LogP contribution >= 0.6 is 27.5 Å². The number of alkyl halides is 1. The van der Waals surface area contributed by atoms with Crippen LogP contribution in [0.3, 0.4) is 0 Å². The first-order chi connectivity index (χ1) is 9.56. The molecule has 0 saturated heterocycles. The Bertz CT molecular complexity index is 604. The molecule has 0 aromatic heterocycles. The lowest BCUT2D eigenvalue weighted by Gasteiger charge is -2.17. The standard InChI is InChI=1S/C18H20BrCl/c1-4-13-6-7-14(5-2)16(11-13)18(20)15-8-9-17(19)12(3)10-15/h6-11,18H,4-5H2,1-3H3. The number of halogens is 2. The molecule has 0 N–H and O–H groups in total. The molecule has 0 saturated carbocycles. The average molecular weight is 352 g/mol. The lowest BCUT2D eigenvalue weighted by Crippen LogP contribution is -2.00. The van der Waals surface area contributed by atoms with Gasteiger partial charge in [-0.1, -0.05) is 60.1 Å². The van der Waals surface area contributed by atoms with Crippen LogP contribution in [0.5, 0.6) is 0 Å². The summed E-state index contributed by atoms with van der Waals surface area (Å²) in [5.74, 6) is 0. The second-order valence-corrected chi connectivity index (χ2v) is 6.40. The Morgan fingerprint density at radius 1 is 1.05 bits per heavy atom. The average Bonchev–Trinajstić information content (AvgIpc) is 2.48. The summed E-state index contributed by atoms with van der Waals surface area (Å²) in [6.45, 7) is 6.46. The second kappa shape index (κ2) is 6.78. The monoisotopic (exact) mass is 350 g/mol. The minimum Gasteiger partial charge on any atom is -0.113 e. The zero-order valence-electron chi connectivity index (χ0n) is 12.2. The zero-order valence-corrected chi connectivity index (χ0v) is 14.6. The predicted molar refractivity (Wildman–Crippen MR) is 91.8 cm³/mol. The largest absolute Gasteiger partial charge is 0.113 e. The van der Waals surface area contributed by atoms with E-state index in [0.717, 1.165) is 22.9 Å². The Kier molecular flexibility index (Phi) is 5.29. The van der Waals surface area contributed by atoms with E-state index in [2.05, 4.69) is 73.1 Å². The van der Waals surface area contributed by atoms with Gasteiger partial charge in [-0.2, -0.15) is 0 Å². The first-order valence-electron chi connectivity index (χ1n) is 7.08. The lowest BCUT2D eigenvalue weighted by molar-refractivity contribution is 1.01. The lowest BCUT2D eigenvalue weighted by atomic mass is 9.94. The highest BCUT2D eigenvalue weighted by Crippen LogP contribution is 2.34. The molecule has 2 aromatic rings. The van der Waals surface area contributed by atoms with E-state index < -0.39 is 0 Å². The predicted octanol–water partition coefficient (Wildman–Crippen LogP) is 6.21. The molecule has 0 radical (unpaired) electrons. The van der Waals surface area contributed by atoms with Crippen molar-refractivity contribution in [2.75, 3.05) is 0 Å². The summed E-state index contributed by atoms with van der Waals surface area (Å²) in [6.07, 6.45) is 2.05. The maximum atomic E-state index is 6.75. The first-order valence-corrected chi connectivity index (χ1v) is 8.31. The van der Waals surface area contributed by atoms with Crippen molar-refractivity contribution in [3.05, 3.63) is 68.7 Å². The minimum absolute atomic E-state index is 0.0803. The van der Waals surface area contributed by atoms with Gasteiger partial charge >= 0.3 is 0 Å². The smallest absolute Gasteiger partial charge is 0.0838 e. The fraction of sp³-hybridized carbons (Fsp3) is 0.333. The van der Waals surface area contributed by atoms with E-state index in [-0.39, 0.29) is 5.38 Å². The van der Waals surface area contributed by atoms with Crippen molar-refractivity contribution in [1.82, 2.24) is 0 Å². The highest BCUT2D eigenvalue weighted by molar-refractivity contribution is 9.10. The van der Waals surface area contributed by atoms with E-state index in [0.29, 0.717) is 0 Å². The molecular formula is C18H20BrCl. The van der Waals surface area contributed by atoms with Crippen LogP contribution in [0.1, 0.15) is 47.0 Å². The van der Waals surface area contributed by atoms with Gasteiger partial charge in [0.2, 0.25) is 0 Å². The number of hydrogen-bond acceptors (Lipinski definition) is 0. The molecule has 0 fully saturated rings. The summed E-state index contributed by atoms with van der Waals surface area (Å²) in [4.78, 5) is 0. The van der Waals surface area contributed by atoms with E-state index in [1.54, 1.807) is 0 Å². The van der Waals surface area contributed by atoms with Gasteiger partial charge in [-0.05, 0) is 53.6 Å². The molecule has 1 atom stereocenters. The first kappa shape index (κ1) is 15.6. The van der Waals surface area contributed by atoms with Crippen molar-refractivity contribution in [2.45, 2.75) is 39.0 Å². The van der Waals surface area contributed by atoms with Gasteiger partial charge < -0.3 is 0 Å². The molecule has 0 aliphatic carbocycles. The Morgan fingerprint density at radius 3 is 2.40 bits per heavy atom. The molecule has 0 aliphatic heterocycles. The van der Waals surface area contributed by atoms with Gasteiger partial charge in [-0.3, -0.25) is 0 Å². The molecule has 106 valence electrons. The van der Waals surface area contributed by atoms with Gasteiger partial charge in [-0.15, -0.1) is 11.6 Å². The van der Waals surface area contributed by atoms with Crippen LogP contribution in [0, 0.1) is 6.92 Å². The number of hydrogen-bond donors (Lipinski definition) is 0. The van der Waals surface area contributed by atoms with Crippen LogP contribution in [0.15, 0.2) is 40.9 Å².